The predicted octanol–water partition coefficient (Wildman–Crippen LogP) is 6.24. The number of rotatable bonds is 1. The molecule has 4 aliphatic rings. The average molecular weight is 627 g/mol. The summed E-state index contributed by atoms with van der Waals surface area (Å²) in [4.78, 5) is 0. The molecular weight excluding hydrogens is 604 g/mol. The van der Waals surface area contributed by atoms with Crippen LogP contribution >= 0.6 is 0 Å². The number of benzene rings is 7. The van der Waals surface area contributed by atoms with E-state index in [2.05, 4.69) is 95.6 Å². The van der Waals surface area contributed by atoms with E-state index in [-0.39, 0.29) is 13.4 Å². The minimum atomic E-state index is -0.0165. The van der Waals surface area contributed by atoms with Gasteiger partial charge in [0.25, 0.3) is 13.4 Å². The number of ether oxygens (including phenoxy) is 4. The van der Waals surface area contributed by atoms with Crippen LogP contribution in [0.5, 0.6) is 46.0 Å². The quantitative estimate of drug-likeness (QED) is 0.202. The molecule has 12 rings (SSSR count). The molecule has 226 valence electrons. The Bertz CT molecular complexity index is 2590. The molecule has 5 heterocycles. The summed E-state index contributed by atoms with van der Waals surface area (Å²) < 4.78 is 28.6. The summed E-state index contributed by atoms with van der Waals surface area (Å²) in [6, 6.07) is 48.6. The minimum Gasteiger partial charge on any atom is -0.458 e. The number of hydrogen-bond acceptors (Lipinski definition) is 4. The SMILES string of the molecule is c1ccc(-n2c3cc4c(cc3c3cc5c(cc32)Oc2cccc3c2B5c2ccccc2O3)B2c3ccccc3Oc3cccc(c32)O4)cc1. The van der Waals surface area contributed by atoms with Gasteiger partial charge in [-0.15, -0.1) is 0 Å². The molecule has 7 aromatic carbocycles. The second-order valence-electron chi connectivity index (χ2n) is 13.2. The Morgan fingerprint density at radius 2 is 0.755 bits per heavy atom. The van der Waals surface area contributed by atoms with E-state index in [1.807, 2.05) is 48.5 Å². The number of fused-ring (bicyclic) bond motifs is 11. The van der Waals surface area contributed by atoms with Crippen LogP contribution in [0.4, 0.5) is 0 Å². The fourth-order valence-electron chi connectivity index (χ4n) is 8.61. The number of nitrogens with zero attached hydrogens (tertiary/aromatic N) is 1. The Hall–Kier alpha value is -6.33. The summed E-state index contributed by atoms with van der Waals surface area (Å²) in [6.45, 7) is -0.0330. The fraction of sp³-hybridized carbons (Fsp3) is 0. The normalized spacial score (nSPS) is 13.9. The van der Waals surface area contributed by atoms with E-state index in [1.54, 1.807) is 0 Å². The zero-order valence-corrected chi connectivity index (χ0v) is 26.0. The lowest BCUT2D eigenvalue weighted by Crippen LogP contribution is -2.57. The maximum absolute atomic E-state index is 6.74. The van der Waals surface area contributed by atoms with Gasteiger partial charge in [-0.3, -0.25) is 0 Å². The molecule has 49 heavy (non-hydrogen) atoms. The maximum Gasteiger partial charge on any atom is 0.260 e. The van der Waals surface area contributed by atoms with Crippen LogP contribution in [-0.2, 0) is 0 Å². The largest absolute Gasteiger partial charge is 0.458 e. The molecule has 7 heteroatoms. The first-order chi connectivity index (χ1) is 24.3. The highest BCUT2D eigenvalue weighted by Gasteiger charge is 2.42. The van der Waals surface area contributed by atoms with Gasteiger partial charge in [-0.1, -0.05) is 78.9 Å². The second kappa shape index (κ2) is 9.18. The third-order valence-corrected chi connectivity index (χ3v) is 10.6. The summed E-state index contributed by atoms with van der Waals surface area (Å²) in [5, 5.41) is 2.32. The van der Waals surface area contributed by atoms with Crippen molar-refractivity contribution in [1.29, 1.82) is 0 Å². The molecule has 0 fully saturated rings. The molecule has 0 saturated carbocycles. The third-order valence-electron chi connectivity index (χ3n) is 10.6. The molecular formula is C42H23B2NO4. The van der Waals surface area contributed by atoms with Gasteiger partial charge in [0.2, 0.25) is 0 Å². The second-order valence-corrected chi connectivity index (χ2v) is 13.2. The van der Waals surface area contributed by atoms with Crippen LogP contribution in [0.2, 0.25) is 0 Å². The van der Waals surface area contributed by atoms with Crippen LogP contribution in [0.3, 0.4) is 0 Å². The van der Waals surface area contributed by atoms with E-state index in [9.17, 15) is 0 Å². The molecule has 0 amide bonds. The van der Waals surface area contributed by atoms with Crippen molar-refractivity contribution in [1.82, 2.24) is 4.57 Å². The molecule has 8 aromatic rings. The molecule has 1 aromatic heterocycles. The van der Waals surface area contributed by atoms with Crippen LogP contribution in [0.15, 0.2) is 140 Å². The smallest absolute Gasteiger partial charge is 0.260 e. The van der Waals surface area contributed by atoms with Crippen molar-refractivity contribution in [3.05, 3.63) is 140 Å². The minimum absolute atomic E-state index is 0.0165. The van der Waals surface area contributed by atoms with Gasteiger partial charge >= 0.3 is 0 Å². The highest BCUT2D eigenvalue weighted by atomic mass is 16.5. The van der Waals surface area contributed by atoms with Crippen LogP contribution in [0, 0.1) is 0 Å². The lowest BCUT2D eigenvalue weighted by molar-refractivity contribution is 0.464. The van der Waals surface area contributed by atoms with Crippen LogP contribution in [0.1, 0.15) is 0 Å². The predicted molar refractivity (Wildman–Crippen MR) is 196 cm³/mol. The first-order valence-electron chi connectivity index (χ1n) is 16.6. The van der Waals surface area contributed by atoms with E-state index in [1.165, 1.54) is 0 Å². The Morgan fingerprint density at radius 1 is 0.347 bits per heavy atom. The van der Waals surface area contributed by atoms with Crippen molar-refractivity contribution < 1.29 is 18.9 Å². The summed E-state index contributed by atoms with van der Waals surface area (Å²) in [5.41, 5.74) is 9.94. The number of aromatic nitrogens is 1. The lowest BCUT2D eigenvalue weighted by Gasteiger charge is -2.33. The summed E-state index contributed by atoms with van der Waals surface area (Å²) in [7, 11) is 0. The first kappa shape index (κ1) is 25.7. The molecule has 0 atom stereocenters. The van der Waals surface area contributed by atoms with E-state index in [4.69, 9.17) is 18.9 Å². The summed E-state index contributed by atoms with van der Waals surface area (Å²) in [6.07, 6.45) is 0. The van der Waals surface area contributed by atoms with E-state index < -0.39 is 0 Å². The molecule has 0 aliphatic carbocycles. The van der Waals surface area contributed by atoms with Gasteiger partial charge in [0.15, 0.2) is 0 Å². The average Bonchev–Trinajstić information content (AvgIpc) is 3.45. The third kappa shape index (κ3) is 3.36. The standard InChI is InChI=1S/C42H23B2NO4/c1-2-10-24(11-3-1)45-31-22-39-29(43-27-12-4-6-14-33(27)46-35-16-8-18-37(48-39)41(35)43)20-25(31)26-21-30-40(23-32(26)45)49-38-19-9-17-36-42(38)44(30)28-13-5-7-15-34(28)47-36/h1-23H. The Balaban J connectivity index is 1.18. The van der Waals surface area contributed by atoms with Gasteiger partial charge in [-0.05, 0) is 70.4 Å². The molecule has 0 radical (unpaired) electrons. The van der Waals surface area contributed by atoms with Gasteiger partial charge in [0.1, 0.15) is 46.0 Å². The van der Waals surface area contributed by atoms with Gasteiger partial charge in [-0.2, -0.15) is 0 Å². The maximum atomic E-state index is 6.74. The van der Waals surface area contributed by atoms with E-state index >= 15 is 0 Å². The van der Waals surface area contributed by atoms with Crippen LogP contribution < -0.4 is 51.7 Å². The van der Waals surface area contributed by atoms with E-state index in [0.29, 0.717) is 0 Å². The van der Waals surface area contributed by atoms with E-state index in [0.717, 1.165) is 106 Å². The lowest BCUT2D eigenvalue weighted by atomic mass is 9.34. The molecule has 4 aliphatic heterocycles. The van der Waals surface area contributed by atoms with Crippen molar-refractivity contribution >= 4 is 68.0 Å². The van der Waals surface area contributed by atoms with Crippen molar-refractivity contribution in [2.75, 3.05) is 0 Å². The first-order valence-corrected chi connectivity index (χ1v) is 16.6. The number of para-hydroxylation sites is 3. The van der Waals surface area contributed by atoms with Crippen LogP contribution in [-0.4, -0.2) is 18.0 Å². The van der Waals surface area contributed by atoms with Gasteiger partial charge in [-0.25, -0.2) is 0 Å². The molecule has 5 nitrogen and oxygen atoms in total. The number of hydrogen-bond donors (Lipinski definition) is 0. The topological polar surface area (TPSA) is 41.9 Å². The molecule has 0 unspecified atom stereocenters. The monoisotopic (exact) mass is 627 g/mol. The van der Waals surface area contributed by atoms with Crippen molar-refractivity contribution in [2.45, 2.75) is 0 Å². The van der Waals surface area contributed by atoms with Crippen molar-refractivity contribution in [3.8, 4) is 51.7 Å². The van der Waals surface area contributed by atoms with Crippen molar-refractivity contribution in [2.24, 2.45) is 0 Å². The molecule has 0 N–H and O–H groups in total. The van der Waals surface area contributed by atoms with Gasteiger partial charge in [0.05, 0.1) is 11.0 Å². The van der Waals surface area contributed by atoms with Gasteiger partial charge < -0.3 is 23.5 Å². The van der Waals surface area contributed by atoms with Gasteiger partial charge in [0, 0.05) is 39.5 Å². The highest BCUT2D eigenvalue weighted by molar-refractivity contribution is 6.99. The van der Waals surface area contributed by atoms with Crippen LogP contribution in [0.25, 0.3) is 27.5 Å². The Labute approximate surface area is 282 Å². The summed E-state index contributed by atoms with van der Waals surface area (Å²) >= 11 is 0. The summed E-state index contributed by atoms with van der Waals surface area (Å²) in [5.74, 6) is 6.84. The van der Waals surface area contributed by atoms with Crippen molar-refractivity contribution in [3.63, 3.8) is 0 Å². The highest BCUT2D eigenvalue weighted by Crippen LogP contribution is 2.41. The molecule has 0 bridgehead atoms. The zero-order chi connectivity index (χ0) is 31.8. The Kier molecular flexibility index (Phi) is 4.82. The molecule has 0 spiro atoms. The fourth-order valence-corrected chi connectivity index (χ4v) is 8.61. The zero-order valence-electron chi connectivity index (χ0n) is 26.0. The molecule has 0 saturated heterocycles. The Morgan fingerprint density at radius 3 is 1.24 bits per heavy atom.